The number of nitriles is 1. The standard InChI is InChI=1S/C18H19FN4O3S/c1-12(25-14-6-4-13(19)5-7-14)16-22-23-17(26-16)27-10-15(24)21-18(11-20)8-2-3-9-18/h4-7,12H,2-3,8-10H2,1H3,(H,21,24)/t12-/m0/s1. The Labute approximate surface area is 160 Å². The first kappa shape index (κ1) is 19.2. The Morgan fingerprint density at radius 2 is 2.11 bits per heavy atom. The summed E-state index contributed by atoms with van der Waals surface area (Å²) < 4.78 is 24.1. The van der Waals surface area contributed by atoms with Crippen LogP contribution < -0.4 is 10.1 Å². The van der Waals surface area contributed by atoms with E-state index in [-0.39, 0.29) is 28.6 Å². The zero-order chi connectivity index (χ0) is 19.3. The first-order valence-corrected chi connectivity index (χ1v) is 9.59. The SMILES string of the molecule is C[C@H](Oc1ccc(F)cc1)c1nnc(SCC(=O)NC2(C#N)CCCC2)o1. The number of halogens is 1. The van der Waals surface area contributed by atoms with Crippen LogP contribution in [0.15, 0.2) is 33.9 Å². The lowest BCUT2D eigenvalue weighted by atomic mass is 10.0. The quantitative estimate of drug-likeness (QED) is 0.723. The minimum absolute atomic E-state index is 0.0816. The van der Waals surface area contributed by atoms with Crippen LogP contribution in [0.4, 0.5) is 4.39 Å². The highest BCUT2D eigenvalue weighted by Gasteiger charge is 2.35. The van der Waals surface area contributed by atoms with Crippen LogP contribution >= 0.6 is 11.8 Å². The minimum Gasteiger partial charge on any atom is -0.481 e. The highest BCUT2D eigenvalue weighted by Crippen LogP contribution is 2.29. The first-order chi connectivity index (χ1) is 13.0. The average molecular weight is 390 g/mol. The van der Waals surface area contributed by atoms with E-state index < -0.39 is 11.6 Å². The summed E-state index contributed by atoms with van der Waals surface area (Å²) in [6, 6.07) is 7.84. The molecular formula is C18H19FN4O3S. The van der Waals surface area contributed by atoms with Crippen molar-refractivity contribution in [1.82, 2.24) is 15.5 Å². The number of aromatic nitrogens is 2. The van der Waals surface area contributed by atoms with Crippen molar-refractivity contribution in [3.63, 3.8) is 0 Å². The van der Waals surface area contributed by atoms with Gasteiger partial charge in [-0.1, -0.05) is 11.8 Å². The third-order valence-corrected chi connectivity index (χ3v) is 5.09. The summed E-state index contributed by atoms with van der Waals surface area (Å²) in [6.07, 6.45) is 2.73. The molecule has 1 aliphatic rings. The van der Waals surface area contributed by atoms with Gasteiger partial charge in [-0.25, -0.2) is 4.39 Å². The third-order valence-electron chi connectivity index (χ3n) is 4.27. The summed E-state index contributed by atoms with van der Waals surface area (Å²) in [6.45, 7) is 1.73. The van der Waals surface area contributed by atoms with E-state index in [9.17, 15) is 14.4 Å². The molecule has 0 bridgehead atoms. The summed E-state index contributed by atoms with van der Waals surface area (Å²) in [5.41, 5.74) is -0.741. The number of benzene rings is 1. The number of nitrogens with one attached hydrogen (secondary N) is 1. The lowest BCUT2D eigenvalue weighted by Crippen LogP contribution is -2.45. The molecule has 27 heavy (non-hydrogen) atoms. The number of amides is 1. The Hall–Kier alpha value is -2.60. The van der Waals surface area contributed by atoms with Gasteiger partial charge in [-0.3, -0.25) is 4.79 Å². The highest BCUT2D eigenvalue weighted by atomic mass is 32.2. The van der Waals surface area contributed by atoms with Crippen molar-refractivity contribution in [2.45, 2.75) is 49.5 Å². The van der Waals surface area contributed by atoms with Crippen molar-refractivity contribution in [1.29, 1.82) is 5.26 Å². The van der Waals surface area contributed by atoms with Crippen molar-refractivity contribution < 1.29 is 18.3 Å². The molecule has 0 unspecified atom stereocenters. The smallest absolute Gasteiger partial charge is 0.277 e. The molecule has 3 rings (SSSR count). The minimum atomic E-state index is -0.741. The largest absolute Gasteiger partial charge is 0.481 e. The summed E-state index contributed by atoms with van der Waals surface area (Å²) in [5, 5.41) is 20.2. The maximum atomic E-state index is 12.9. The molecule has 0 spiro atoms. The van der Waals surface area contributed by atoms with Crippen LogP contribution in [0.3, 0.4) is 0 Å². The second kappa shape index (κ2) is 8.39. The van der Waals surface area contributed by atoms with Gasteiger partial charge in [0.2, 0.25) is 5.91 Å². The number of rotatable bonds is 7. The van der Waals surface area contributed by atoms with E-state index in [0.29, 0.717) is 18.6 Å². The first-order valence-electron chi connectivity index (χ1n) is 8.60. The number of carbonyl (C=O) groups is 1. The predicted molar refractivity (Wildman–Crippen MR) is 95.4 cm³/mol. The maximum Gasteiger partial charge on any atom is 0.277 e. The van der Waals surface area contributed by atoms with Gasteiger partial charge in [-0.2, -0.15) is 5.26 Å². The fourth-order valence-corrected chi connectivity index (χ4v) is 3.45. The third kappa shape index (κ3) is 4.98. The van der Waals surface area contributed by atoms with Crippen LogP contribution in [0.2, 0.25) is 0 Å². The second-order valence-corrected chi connectivity index (χ2v) is 7.28. The zero-order valence-corrected chi connectivity index (χ0v) is 15.6. The molecule has 1 amide bonds. The molecule has 7 nitrogen and oxygen atoms in total. The summed E-state index contributed by atoms with van der Waals surface area (Å²) in [5.74, 6) is 0.234. The molecule has 1 aromatic heterocycles. The zero-order valence-electron chi connectivity index (χ0n) is 14.8. The number of ether oxygens (including phenoxy) is 1. The molecular weight excluding hydrogens is 371 g/mol. The maximum absolute atomic E-state index is 12.9. The molecule has 2 aromatic rings. The van der Waals surface area contributed by atoms with Gasteiger partial charge < -0.3 is 14.5 Å². The van der Waals surface area contributed by atoms with Crippen molar-refractivity contribution in [2.75, 3.05) is 5.75 Å². The van der Waals surface area contributed by atoms with Crippen LogP contribution in [0.25, 0.3) is 0 Å². The normalized spacial score (nSPS) is 16.5. The van der Waals surface area contributed by atoms with Gasteiger partial charge in [0.15, 0.2) is 6.10 Å². The van der Waals surface area contributed by atoms with Crippen LogP contribution in [-0.4, -0.2) is 27.4 Å². The van der Waals surface area contributed by atoms with Crippen molar-refractivity contribution in [2.24, 2.45) is 0 Å². The van der Waals surface area contributed by atoms with E-state index in [4.69, 9.17) is 9.15 Å². The molecule has 9 heteroatoms. The molecule has 0 radical (unpaired) electrons. The van der Waals surface area contributed by atoms with Gasteiger partial charge in [0.05, 0.1) is 11.8 Å². The van der Waals surface area contributed by atoms with E-state index in [1.807, 2.05) is 0 Å². The molecule has 0 aliphatic heterocycles. The van der Waals surface area contributed by atoms with Crippen LogP contribution in [0, 0.1) is 17.1 Å². The van der Waals surface area contributed by atoms with Crippen LogP contribution in [0.5, 0.6) is 5.75 Å². The monoisotopic (exact) mass is 390 g/mol. The van der Waals surface area contributed by atoms with Crippen LogP contribution in [-0.2, 0) is 4.79 Å². The average Bonchev–Trinajstić information content (AvgIpc) is 3.32. The molecule has 142 valence electrons. The predicted octanol–water partition coefficient (Wildman–Crippen LogP) is 3.39. The van der Waals surface area contributed by atoms with Crippen molar-refractivity contribution in [3.8, 4) is 11.8 Å². The molecule has 1 heterocycles. The summed E-state index contributed by atoms with van der Waals surface area (Å²) in [4.78, 5) is 12.1. The number of thioether (sulfide) groups is 1. The molecule has 1 aromatic carbocycles. The Kier molecular flexibility index (Phi) is 5.96. The second-order valence-electron chi connectivity index (χ2n) is 6.36. The Morgan fingerprint density at radius 1 is 1.41 bits per heavy atom. The lowest BCUT2D eigenvalue weighted by Gasteiger charge is -2.21. The Bertz CT molecular complexity index is 828. The lowest BCUT2D eigenvalue weighted by molar-refractivity contribution is -0.119. The number of carbonyl (C=O) groups excluding carboxylic acids is 1. The molecule has 1 N–H and O–H groups in total. The van der Waals surface area contributed by atoms with E-state index >= 15 is 0 Å². The molecule has 1 saturated carbocycles. The fourth-order valence-electron chi connectivity index (χ4n) is 2.88. The molecule has 1 atom stereocenters. The summed E-state index contributed by atoms with van der Waals surface area (Å²) in [7, 11) is 0. The van der Waals surface area contributed by atoms with Gasteiger partial charge >= 0.3 is 0 Å². The van der Waals surface area contributed by atoms with Gasteiger partial charge in [-0.05, 0) is 56.9 Å². The number of hydrogen-bond acceptors (Lipinski definition) is 7. The van der Waals surface area contributed by atoms with Crippen molar-refractivity contribution >= 4 is 17.7 Å². The summed E-state index contributed by atoms with van der Waals surface area (Å²) >= 11 is 1.10. The highest BCUT2D eigenvalue weighted by molar-refractivity contribution is 7.99. The van der Waals surface area contributed by atoms with Crippen LogP contribution in [0.1, 0.15) is 44.6 Å². The van der Waals surface area contributed by atoms with Gasteiger partial charge in [-0.15, -0.1) is 10.2 Å². The van der Waals surface area contributed by atoms with Gasteiger partial charge in [0, 0.05) is 0 Å². The molecule has 1 fully saturated rings. The number of hydrogen-bond donors (Lipinski definition) is 1. The molecule has 1 aliphatic carbocycles. The van der Waals surface area contributed by atoms with Gasteiger partial charge in [0.25, 0.3) is 11.1 Å². The topological polar surface area (TPSA) is 101 Å². The van der Waals surface area contributed by atoms with E-state index in [1.165, 1.54) is 24.3 Å². The van der Waals surface area contributed by atoms with Crippen molar-refractivity contribution in [3.05, 3.63) is 36.0 Å². The van der Waals surface area contributed by atoms with E-state index in [0.717, 1.165) is 24.6 Å². The van der Waals surface area contributed by atoms with E-state index in [2.05, 4.69) is 21.6 Å². The Morgan fingerprint density at radius 3 is 2.78 bits per heavy atom. The Balaban J connectivity index is 1.51. The molecule has 0 saturated heterocycles. The van der Waals surface area contributed by atoms with E-state index in [1.54, 1.807) is 6.92 Å². The fraction of sp³-hybridized carbons (Fsp3) is 0.444. The van der Waals surface area contributed by atoms with Gasteiger partial charge in [0.1, 0.15) is 17.1 Å². The number of nitrogens with zero attached hydrogens (tertiary/aromatic N) is 3.